The first kappa shape index (κ1) is 33.1. The van der Waals surface area contributed by atoms with Crippen LogP contribution >= 0.6 is 0 Å². The van der Waals surface area contributed by atoms with Crippen LogP contribution in [-0.2, 0) is 25.6 Å². The van der Waals surface area contributed by atoms with Crippen molar-refractivity contribution in [3.8, 4) is 0 Å². The molecule has 1 fully saturated rings. The second-order valence-corrected chi connectivity index (χ2v) is 21.1. The maximum absolute atomic E-state index is 12.8. The second-order valence-electron chi connectivity index (χ2n) is 14.8. The molecule has 2 aliphatic rings. The monoisotopic (exact) mass is 653 g/mol. The van der Waals surface area contributed by atoms with Crippen LogP contribution in [0.15, 0.2) is 54.3 Å². The van der Waals surface area contributed by atoms with Gasteiger partial charge in [0.05, 0.1) is 17.5 Å². The van der Waals surface area contributed by atoms with Gasteiger partial charge in [-0.25, -0.2) is 27.9 Å². The lowest BCUT2D eigenvalue weighted by atomic mass is 10.1. The highest BCUT2D eigenvalue weighted by Gasteiger charge is 2.44. The summed E-state index contributed by atoms with van der Waals surface area (Å²) < 4.78 is 41.8. The van der Waals surface area contributed by atoms with E-state index in [0.717, 1.165) is 35.1 Å². The number of fused-ring (bicyclic) bond motifs is 2. The third-order valence-corrected chi connectivity index (χ3v) is 14.7. The molecule has 2 aliphatic carbocycles. The van der Waals surface area contributed by atoms with Crippen molar-refractivity contribution in [3.63, 3.8) is 0 Å². The number of aromatic nitrogens is 3. The van der Waals surface area contributed by atoms with Crippen LogP contribution in [0.5, 0.6) is 0 Å². The van der Waals surface area contributed by atoms with Crippen molar-refractivity contribution in [2.75, 3.05) is 5.32 Å². The van der Waals surface area contributed by atoms with E-state index < -0.39 is 30.0 Å². The average Bonchev–Trinajstić information content (AvgIpc) is 3.63. The van der Waals surface area contributed by atoms with Crippen LogP contribution in [0.1, 0.15) is 84.0 Å². The lowest BCUT2D eigenvalue weighted by Gasteiger charge is -2.39. The number of carbonyl (C=O) groups is 1. The minimum Gasteiger partial charge on any atom is -0.443 e. The van der Waals surface area contributed by atoms with Crippen LogP contribution in [0, 0.1) is 5.92 Å². The van der Waals surface area contributed by atoms with Gasteiger partial charge in [-0.15, -0.1) is 0 Å². The fourth-order valence-electron chi connectivity index (χ4n) is 6.03. The largest absolute Gasteiger partial charge is 0.443 e. The first-order valence-electron chi connectivity index (χ1n) is 15.7. The topological polar surface area (TPSA) is 124 Å². The van der Waals surface area contributed by atoms with E-state index in [1.807, 2.05) is 10.9 Å². The standard InChI is InChI=1S/C33H47N5O5SSi/c1-32(2,3)42-31(39)37-44(40,41)18-16-23-19-24(20-28(23)43-45(7,8)33(4,5)6)38-17-15-26-29(34-21-35-30(26)38)36-27-14-13-22-11-9-10-12-25(22)27/h9-12,15-18,21,23-24,27-28H,13-14,19-20H2,1-8H3,(H,37,39)(H,34,35,36)/t23-,24-,27+,28+/m1/s1. The van der Waals surface area contributed by atoms with Gasteiger partial charge >= 0.3 is 6.09 Å². The minimum atomic E-state index is -4.07. The Morgan fingerprint density at radius 3 is 2.51 bits per heavy atom. The van der Waals surface area contributed by atoms with Crippen molar-refractivity contribution in [1.29, 1.82) is 0 Å². The van der Waals surface area contributed by atoms with Crippen LogP contribution in [0.3, 0.4) is 0 Å². The molecule has 244 valence electrons. The first-order chi connectivity index (χ1) is 20.9. The maximum atomic E-state index is 12.8. The van der Waals surface area contributed by atoms with Crippen molar-refractivity contribution in [1.82, 2.24) is 19.3 Å². The van der Waals surface area contributed by atoms with Gasteiger partial charge < -0.3 is 19.0 Å². The normalized spacial score (nSPS) is 22.6. The number of benzene rings is 1. The molecule has 0 unspecified atom stereocenters. The minimum absolute atomic E-state index is 0.0174. The Labute approximate surface area is 268 Å². The number of sulfonamides is 1. The number of nitrogens with one attached hydrogen (secondary N) is 2. The van der Waals surface area contributed by atoms with Crippen molar-refractivity contribution in [2.24, 2.45) is 5.92 Å². The van der Waals surface area contributed by atoms with Crippen molar-refractivity contribution in [3.05, 3.63) is 65.5 Å². The molecule has 0 radical (unpaired) electrons. The third kappa shape index (κ3) is 7.61. The van der Waals surface area contributed by atoms with Gasteiger partial charge in [-0.1, -0.05) is 51.1 Å². The summed E-state index contributed by atoms with van der Waals surface area (Å²) >= 11 is 0. The van der Waals surface area contributed by atoms with Crippen molar-refractivity contribution < 1.29 is 22.4 Å². The van der Waals surface area contributed by atoms with Crippen LogP contribution in [0.2, 0.25) is 18.1 Å². The van der Waals surface area contributed by atoms with Crippen molar-refractivity contribution >= 4 is 41.3 Å². The molecule has 45 heavy (non-hydrogen) atoms. The smallest absolute Gasteiger partial charge is 0.421 e. The van der Waals surface area contributed by atoms with Gasteiger partial charge in [0.15, 0.2) is 8.32 Å². The van der Waals surface area contributed by atoms with E-state index in [-0.39, 0.29) is 29.1 Å². The molecule has 0 saturated heterocycles. The molecule has 2 N–H and O–H groups in total. The molecule has 1 aromatic carbocycles. The number of rotatable bonds is 8. The number of nitrogens with zero attached hydrogens (tertiary/aromatic N) is 3. The molecule has 0 spiro atoms. The lowest BCUT2D eigenvalue weighted by molar-refractivity contribution is 0.0571. The molecule has 3 aromatic rings. The van der Waals surface area contributed by atoms with E-state index in [9.17, 15) is 13.2 Å². The van der Waals surface area contributed by atoms with Gasteiger partial charge in [-0.3, -0.25) is 0 Å². The number of anilines is 1. The van der Waals surface area contributed by atoms with Crippen LogP contribution < -0.4 is 10.0 Å². The van der Waals surface area contributed by atoms with E-state index in [1.54, 1.807) is 33.2 Å². The molecule has 2 heterocycles. The Hall–Kier alpha value is -3.22. The molecule has 5 rings (SSSR count). The second kappa shape index (κ2) is 12.2. The first-order valence-corrected chi connectivity index (χ1v) is 20.2. The maximum Gasteiger partial charge on any atom is 0.421 e. The number of hydrogen-bond donors (Lipinski definition) is 2. The quantitative estimate of drug-likeness (QED) is 0.244. The summed E-state index contributed by atoms with van der Waals surface area (Å²) in [5, 5.41) is 5.68. The van der Waals surface area contributed by atoms with E-state index >= 15 is 0 Å². The Balaban J connectivity index is 1.39. The molecule has 4 atom stereocenters. The molecular formula is C33H47N5O5SSi. The zero-order chi connectivity index (χ0) is 32.8. The predicted molar refractivity (Wildman–Crippen MR) is 180 cm³/mol. The Morgan fingerprint density at radius 1 is 1.07 bits per heavy atom. The van der Waals surface area contributed by atoms with E-state index in [0.29, 0.717) is 12.8 Å². The summed E-state index contributed by atoms with van der Waals surface area (Å²) in [5.41, 5.74) is 2.71. The Bertz CT molecular complexity index is 1690. The van der Waals surface area contributed by atoms with E-state index in [4.69, 9.17) is 9.16 Å². The van der Waals surface area contributed by atoms with Gasteiger partial charge in [0, 0.05) is 23.6 Å². The molecule has 1 saturated carbocycles. The summed E-state index contributed by atoms with van der Waals surface area (Å²) in [6.45, 7) is 16.0. The molecule has 0 aliphatic heterocycles. The average molecular weight is 654 g/mol. The summed E-state index contributed by atoms with van der Waals surface area (Å²) in [4.78, 5) is 21.5. The van der Waals surface area contributed by atoms with Gasteiger partial charge in [0.25, 0.3) is 10.0 Å². The highest BCUT2D eigenvalue weighted by Crippen LogP contribution is 2.45. The number of amides is 1. The van der Waals surface area contributed by atoms with E-state index in [2.05, 4.69) is 84.0 Å². The van der Waals surface area contributed by atoms with Crippen LogP contribution in [0.25, 0.3) is 11.0 Å². The molecule has 1 amide bonds. The predicted octanol–water partition coefficient (Wildman–Crippen LogP) is 7.24. The third-order valence-electron chi connectivity index (χ3n) is 9.25. The molecule has 12 heteroatoms. The van der Waals surface area contributed by atoms with E-state index in [1.165, 1.54) is 11.1 Å². The van der Waals surface area contributed by atoms with Crippen LogP contribution in [-0.4, -0.2) is 49.1 Å². The summed E-state index contributed by atoms with van der Waals surface area (Å²) in [7, 11) is -6.25. The number of carbonyl (C=O) groups excluding carboxylic acids is 1. The lowest BCUT2D eigenvalue weighted by Crippen LogP contribution is -2.44. The van der Waals surface area contributed by atoms with Gasteiger partial charge in [-0.05, 0) is 81.8 Å². The summed E-state index contributed by atoms with van der Waals surface area (Å²) in [6.07, 6.45) is 7.53. The van der Waals surface area contributed by atoms with Gasteiger partial charge in [0.2, 0.25) is 0 Å². The number of hydrogen-bond acceptors (Lipinski definition) is 8. The van der Waals surface area contributed by atoms with Gasteiger partial charge in [-0.2, -0.15) is 0 Å². The Kier molecular flexibility index (Phi) is 8.97. The van der Waals surface area contributed by atoms with Crippen molar-refractivity contribution in [2.45, 2.75) is 109 Å². The molecular weight excluding hydrogens is 607 g/mol. The number of aryl methyl sites for hydroxylation is 1. The molecule has 2 aromatic heterocycles. The zero-order valence-electron chi connectivity index (χ0n) is 27.6. The highest BCUT2D eigenvalue weighted by atomic mass is 32.2. The van der Waals surface area contributed by atoms with Crippen LogP contribution in [0.4, 0.5) is 10.6 Å². The SMILES string of the molecule is CC(C)(C)OC(=O)NS(=O)(=O)C=C[C@@H]1C[C@@H](n2ccc3c(N[C@H]4CCc5ccccc54)ncnc32)C[C@@H]1O[Si](C)(C)C(C)(C)C. The highest BCUT2D eigenvalue weighted by molar-refractivity contribution is 7.92. The molecule has 0 bridgehead atoms. The Morgan fingerprint density at radius 2 is 1.80 bits per heavy atom. The summed E-state index contributed by atoms with van der Waals surface area (Å²) in [6, 6.07) is 10.8. The number of ether oxygens (including phenoxy) is 1. The fourth-order valence-corrected chi connectivity index (χ4v) is 8.16. The molecule has 10 nitrogen and oxygen atoms in total. The summed E-state index contributed by atoms with van der Waals surface area (Å²) in [5.74, 6) is 0.620. The zero-order valence-corrected chi connectivity index (χ0v) is 29.4. The van der Waals surface area contributed by atoms with Gasteiger partial charge in [0.1, 0.15) is 23.4 Å². The fraction of sp³-hybridized carbons (Fsp3) is 0.545.